The highest BCUT2D eigenvalue weighted by Gasteiger charge is 2.24. The number of alkyl halides is 1. The van der Waals surface area contributed by atoms with E-state index in [2.05, 4.69) is 15.9 Å². The quantitative estimate of drug-likeness (QED) is 0.767. The Morgan fingerprint density at radius 3 is 2.75 bits per heavy atom. The zero-order valence-electron chi connectivity index (χ0n) is 11.6. The van der Waals surface area contributed by atoms with E-state index in [-0.39, 0.29) is 12.0 Å². The summed E-state index contributed by atoms with van der Waals surface area (Å²) in [7, 11) is 0. The summed E-state index contributed by atoms with van der Waals surface area (Å²) in [6.07, 6.45) is 2.10. The van der Waals surface area contributed by atoms with Crippen LogP contribution in [0.5, 0.6) is 0 Å². The minimum atomic E-state index is 0.0868. The number of aryl methyl sites for hydroxylation is 1. The largest absolute Gasteiger partial charge is 0.377 e. The van der Waals surface area contributed by atoms with Gasteiger partial charge in [-0.2, -0.15) is 0 Å². The minimum absolute atomic E-state index is 0.0868. The van der Waals surface area contributed by atoms with Crippen molar-refractivity contribution in [2.24, 2.45) is 0 Å². The van der Waals surface area contributed by atoms with Crippen LogP contribution in [0.4, 0.5) is 0 Å². The van der Waals surface area contributed by atoms with Crippen LogP contribution in [0.15, 0.2) is 18.2 Å². The number of amides is 1. The first-order valence-corrected chi connectivity index (χ1v) is 8.34. The first-order valence-electron chi connectivity index (χ1n) is 6.85. The Hall–Kier alpha value is -0.580. The van der Waals surface area contributed by atoms with Gasteiger partial charge in [-0.05, 0) is 43.5 Å². The second-order valence-corrected chi connectivity index (χ2v) is 6.22. The summed E-state index contributed by atoms with van der Waals surface area (Å²) in [5.41, 5.74) is 1.65. The smallest absolute Gasteiger partial charge is 0.253 e. The molecule has 0 aromatic heterocycles. The number of ether oxygens (including phenoxy) is 1. The molecule has 0 bridgehead atoms. The summed E-state index contributed by atoms with van der Waals surface area (Å²) in [6, 6.07) is 5.44. The zero-order valence-corrected chi connectivity index (χ0v) is 13.9. The lowest BCUT2D eigenvalue weighted by Crippen LogP contribution is -2.41. The van der Waals surface area contributed by atoms with E-state index in [4.69, 9.17) is 16.3 Å². The normalized spacial score (nSPS) is 16.4. The predicted molar refractivity (Wildman–Crippen MR) is 84.9 cm³/mol. The molecule has 1 aliphatic rings. The van der Waals surface area contributed by atoms with Crippen LogP contribution in [0.25, 0.3) is 0 Å². The number of rotatable bonds is 4. The number of hydrogen-bond acceptors (Lipinski definition) is 2. The summed E-state index contributed by atoms with van der Waals surface area (Å²) >= 11 is 9.35. The van der Waals surface area contributed by atoms with Gasteiger partial charge >= 0.3 is 0 Å². The van der Waals surface area contributed by atoms with E-state index in [0.717, 1.165) is 43.4 Å². The van der Waals surface area contributed by atoms with Gasteiger partial charge in [0.1, 0.15) is 0 Å². The number of hydrogen-bond donors (Lipinski definition) is 0. The molecule has 1 heterocycles. The van der Waals surface area contributed by atoms with Gasteiger partial charge in [-0.25, -0.2) is 0 Å². The van der Waals surface area contributed by atoms with Crippen LogP contribution < -0.4 is 0 Å². The Morgan fingerprint density at radius 2 is 2.15 bits per heavy atom. The number of nitrogens with zero attached hydrogens (tertiary/aromatic N) is 1. The second-order valence-electron chi connectivity index (χ2n) is 5.02. The summed E-state index contributed by atoms with van der Waals surface area (Å²) in [4.78, 5) is 14.3. The fourth-order valence-corrected chi connectivity index (χ4v) is 2.70. The SMILES string of the molecule is Cc1cc(C(=O)N2CCC(OCCBr)CC2)ccc1Cl. The summed E-state index contributed by atoms with van der Waals surface area (Å²) in [5.74, 6) is 0.0868. The second kappa shape index (κ2) is 7.43. The fourth-order valence-electron chi connectivity index (χ4n) is 2.40. The van der Waals surface area contributed by atoms with Crippen molar-refractivity contribution < 1.29 is 9.53 Å². The molecule has 0 radical (unpaired) electrons. The maximum Gasteiger partial charge on any atom is 0.253 e. The Morgan fingerprint density at radius 1 is 1.45 bits per heavy atom. The molecule has 0 unspecified atom stereocenters. The molecule has 1 fully saturated rings. The number of halogens is 2. The van der Waals surface area contributed by atoms with Gasteiger partial charge < -0.3 is 9.64 Å². The van der Waals surface area contributed by atoms with Gasteiger partial charge in [0.15, 0.2) is 0 Å². The first-order chi connectivity index (χ1) is 9.61. The third-order valence-corrected chi connectivity index (χ3v) is 4.31. The Labute approximate surface area is 133 Å². The lowest BCUT2D eigenvalue weighted by atomic mass is 10.1. The molecule has 0 N–H and O–H groups in total. The van der Waals surface area contributed by atoms with E-state index in [1.807, 2.05) is 17.9 Å². The van der Waals surface area contributed by atoms with Crippen LogP contribution in [0.2, 0.25) is 5.02 Å². The number of carbonyl (C=O) groups excluding carboxylic acids is 1. The lowest BCUT2D eigenvalue weighted by molar-refractivity contribution is 0.0160. The van der Waals surface area contributed by atoms with E-state index < -0.39 is 0 Å². The van der Waals surface area contributed by atoms with E-state index in [1.54, 1.807) is 12.1 Å². The van der Waals surface area contributed by atoms with Crippen LogP contribution in [-0.4, -0.2) is 41.9 Å². The molecule has 1 aromatic carbocycles. The van der Waals surface area contributed by atoms with Gasteiger partial charge in [0, 0.05) is 29.0 Å². The van der Waals surface area contributed by atoms with Crippen molar-refractivity contribution in [3.8, 4) is 0 Å². The van der Waals surface area contributed by atoms with Crippen molar-refractivity contribution in [3.63, 3.8) is 0 Å². The molecule has 2 rings (SSSR count). The Balaban J connectivity index is 1.92. The predicted octanol–water partition coefficient (Wildman–Crippen LogP) is 3.66. The monoisotopic (exact) mass is 359 g/mol. The van der Waals surface area contributed by atoms with Crippen molar-refractivity contribution in [2.75, 3.05) is 25.0 Å². The molecule has 0 atom stereocenters. The molecule has 5 heteroatoms. The summed E-state index contributed by atoms with van der Waals surface area (Å²) < 4.78 is 5.70. The van der Waals surface area contributed by atoms with Crippen molar-refractivity contribution in [1.82, 2.24) is 4.90 Å². The van der Waals surface area contributed by atoms with Gasteiger partial charge in [0.05, 0.1) is 12.7 Å². The average Bonchev–Trinajstić information content (AvgIpc) is 2.48. The number of carbonyl (C=O) groups is 1. The van der Waals surface area contributed by atoms with Crippen LogP contribution in [-0.2, 0) is 4.74 Å². The standard InChI is InChI=1S/C15H19BrClNO2/c1-11-10-12(2-3-14(11)17)15(19)18-7-4-13(5-8-18)20-9-6-16/h2-3,10,13H,4-9H2,1H3. The van der Waals surface area contributed by atoms with Crippen LogP contribution in [0.3, 0.4) is 0 Å². The van der Waals surface area contributed by atoms with E-state index >= 15 is 0 Å². The van der Waals surface area contributed by atoms with Gasteiger partial charge in [-0.15, -0.1) is 0 Å². The lowest BCUT2D eigenvalue weighted by Gasteiger charge is -2.32. The fraction of sp³-hybridized carbons (Fsp3) is 0.533. The van der Waals surface area contributed by atoms with Gasteiger partial charge in [-0.1, -0.05) is 27.5 Å². The van der Waals surface area contributed by atoms with Crippen molar-refractivity contribution in [1.29, 1.82) is 0 Å². The highest BCUT2D eigenvalue weighted by atomic mass is 79.9. The molecular formula is C15H19BrClNO2. The van der Waals surface area contributed by atoms with Crippen molar-refractivity contribution in [3.05, 3.63) is 34.3 Å². The first kappa shape index (κ1) is 15.8. The molecule has 1 saturated heterocycles. The third kappa shape index (κ3) is 3.96. The Bertz CT molecular complexity index is 473. The van der Waals surface area contributed by atoms with E-state index in [9.17, 15) is 4.79 Å². The molecule has 0 spiro atoms. The molecular weight excluding hydrogens is 342 g/mol. The maximum absolute atomic E-state index is 12.4. The van der Waals surface area contributed by atoms with Crippen molar-refractivity contribution in [2.45, 2.75) is 25.9 Å². The number of benzene rings is 1. The van der Waals surface area contributed by atoms with Gasteiger partial charge in [0.2, 0.25) is 0 Å². The average molecular weight is 361 g/mol. The van der Waals surface area contributed by atoms with Gasteiger partial charge in [0.25, 0.3) is 5.91 Å². The van der Waals surface area contributed by atoms with E-state index in [1.165, 1.54) is 0 Å². The van der Waals surface area contributed by atoms with Crippen molar-refractivity contribution >= 4 is 33.4 Å². The maximum atomic E-state index is 12.4. The molecule has 0 aliphatic carbocycles. The minimum Gasteiger partial charge on any atom is -0.377 e. The summed E-state index contributed by atoms with van der Waals surface area (Å²) in [5, 5.41) is 1.55. The van der Waals surface area contributed by atoms with Gasteiger partial charge in [-0.3, -0.25) is 4.79 Å². The molecule has 3 nitrogen and oxygen atoms in total. The molecule has 20 heavy (non-hydrogen) atoms. The molecule has 1 amide bonds. The summed E-state index contributed by atoms with van der Waals surface area (Å²) in [6.45, 7) is 4.16. The zero-order chi connectivity index (χ0) is 14.5. The van der Waals surface area contributed by atoms with Crippen LogP contribution >= 0.6 is 27.5 Å². The van der Waals surface area contributed by atoms with Crippen LogP contribution in [0.1, 0.15) is 28.8 Å². The highest BCUT2D eigenvalue weighted by Crippen LogP contribution is 2.20. The Kier molecular flexibility index (Phi) is 5.87. The molecule has 1 aromatic rings. The number of likely N-dealkylation sites (tertiary alicyclic amines) is 1. The van der Waals surface area contributed by atoms with E-state index in [0.29, 0.717) is 10.6 Å². The van der Waals surface area contributed by atoms with Crippen LogP contribution in [0, 0.1) is 6.92 Å². The molecule has 110 valence electrons. The highest BCUT2D eigenvalue weighted by molar-refractivity contribution is 9.09. The number of piperidine rings is 1. The third-order valence-electron chi connectivity index (χ3n) is 3.56. The molecule has 0 saturated carbocycles. The molecule has 1 aliphatic heterocycles. The topological polar surface area (TPSA) is 29.5 Å².